The molecule has 4 N–H and O–H groups in total. The monoisotopic (exact) mass is 352 g/mol. The van der Waals surface area contributed by atoms with Crippen LogP contribution in [0.4, 0.5) is 0 Å². The van der Waals surface area contributed by atoms with Crippen molar-refractivity contribution < 1.29 is 0 Å². The molecule has 2 aliphatic carbocycles. The molecule has 0 aromatic heterocycles. The topological polar surface area (TPSA) is 52.0 Å². The first-order valence-electron chi connectivity index (χ1n) is 10.0. The van der Waals surface area contributed by atoms with E-state index < -0.39 is 5.54 Å². The fourth-order valence-electron chi connectivity index (χ4n) is 3.70. The fraction of sp³-hybridized carbons (Fsp3) is 0.500. The van der Waals surface area contributed by atoms with Crippen molar-refractivity contribution in [2.24, 2.45) is 29.2 Å². The Morgan fingerprint density at radius 2 is 1.73 bits per heavy atom. The van der Waals surface area contributed by atoms with Crippen molar-refractivity contribution in [2.45, 2.75) is 58.4 Å². The summed E-state index contributed by atoms with van der Waals surface area (Å²) in [5, 5.41) is 0. The van der Waals surface area contributed by atoms with Crippen LogP contribution in [0.3, 0.4) is 0 Å². The van der Waals surface area contributed by atoms with Crippen LogP contribution >= 0.6 is 0 Å². The summed E-state index contributed by atoms with van der Waals surface area (Å²) in [4.78, 5) is 0. The SMILES string of the molecule is CC1CCC(C(C)C)CC1.NC1=CC=CC(N)(C=Cc2ccccc2)C1. The summed E-state index contributed by atoms with van der Waals surface area (Å²) < 4.78 is 0. The van der Waals surface area contributed by atoms with E-state index in [4.69, 9.17) is 11.5 Å². The van der Waals surface area contributed by atoms with Gasteiger partial charge >= 0.3 is 0 Å². The maximum absolute atomic E-state index is 6.20. The van der Waals surface area contributed by atoms with Crippen LogP contribution in [-0.4, -0.2) is 5.54 Å². The second-order valence-corrected chi connectivity index (χ2v) is 8.40. The third-order valence-electron chi connectivity index (χ3n) is 5.62. The molecule has 0 saturated heterocycles. The van der Waals surface area contributed by atoms with Gasteiger partial charge in [-0.25, -0.2) is 0 Å². The number of allylic oxidation sites excluding steroid dienone is 2. The van der Waals surface area contributed by atoms with E-state index in [2.05, 4.69) is 20.8 Å². The Labute approximate surface area is 160 Å². The smallest absolute Gasteiger partial charge is 0.0586 e. The van der Waals surface area contributed by atoms with Crippen molar-refractivity contribution in [3.63, 3.8) is 0 Å². The van der Waals surface area contributed by atoms with E-state index in [-0.39, 0.29) is 0 Å². The van der Waals surface area contributed by atoms with Crippen molar-refractivity contribution in [2.75, 3.05) is 0 Å². The summed E-state index contributed by atoms with van der Waals surface area (Å²) in [6.45, 7) is 7.11. The molecular formula is C24H36N2. The van der Waals surface area contributed by atoms with E-state index in [1.54, 1.807) is 0 Å². The van der Waals surface area contributed by atoms with Gasteiger partial charge in [0.15, 0.2) is 0 Å². The summed E-state index contributed by atoms with van der Waals surface area (Å²) in [6.07, 6.45) is 16.4. The average molecular weight is 353 g/mol. The van der Waals surface area contributed by atoms with Gasteiger partial charge in [0.25, 0.3) is 0 Å². The van der Waals surface area contributed by atoms with E-state index in [0.29, 0.717) is 6.42 Å². The number of rotatable bonds is 3. The Hall–Kier alpha value is -1.80. The van der Waals surface area contributed by atoms with Gasteiger partial charge in [0.2, 0.25) is 0 Å². The van der Waals surface area contributed by atoms with Gasteiger partial charge < -0.3 is 11.5 Å². The van der Waals surface area contributed by atoms with Crippen molar-refractivity contribution in [3.05, 3.63) is 65.9 Å². The predicted molar refractivity (Wildman–Crippen MR) is 114 cm³/mol. The number of benzene rings is 1. The lowest BCUT2D eigenvalue weighted by atomic mass is 9.78. The van der Waals surface area contributed by atoms with Crippen LogP contribution in [0.25, 0.3) is 6.08 Å². The zero-order chi connectivity index (χ0) is 19.0. The molecule has 142 valence electrons. The molecule has 0 radical (unpaired) electrons. The van der Waals surface area contributed by atoms with Crippen LogP contribution in [0.15, 0.2) is 60.3 Å². The third kappa shape index (κ3) is 6.84. The second-order valence-electron chi connectivity index (χ2n) is 8.40. The van der Waals surface area contributed by atoms with E-state index in [0.717, 1.165) is 29.0 Å². The van der Waals surface area contributed by atoms with Gasteiger partial charge in [0.1, 0.15) is 0 Å². The zero-order valence-electron chi connectivity index (χ0n) is 16.7. The molecule has 26 heavy (non-hydrogen) atoms. The molecule has 1 atom stereocenters. The number of hydrogen-bond donors (Lipinski definition) is 2. The van der Waals surface area contributed by atoms with Gasteiger partial charge in [-0.15, -0.1) is 0 Å². The minimum Gasteiger partial charge on any atom is -0.402 e. The van der Waals surface area contributed by atoms with Crippen molar-refractivity contribution >= 4 is 6.08 Å². The lowest BCUT2D eigenvalue weighted by Gasteiger charge is -2.28. The van der Waals surface area contributed by atoms with Gasteiger partial charge in [-0.2, -0.15) is 0 Å². The van der Waals surface area contributed by atoms with Crippen molar-refractivity contribution in [3.8, 4) is 0 Å². The van der Waals surface area contributed by atoms with Crippen LogP contribution in [0.1, 0.15) is 58.4 Å². The van der Waals surface area contributed by atoms with Crippen LogP contribution in [0, 0.1) is 17.8 Å². The third-order valence-corrected chi connectivity index (χ3v) is 5.62. The Bertz CT molecular complexity index is 619. The van der Waals surface area contributed by atoms with Crippen LogP contribution in [0.5, 0.6) is 0 Å². The highest BCUT2D eigenvalue weighted by Gasteiger charge is 2.21. The quantitative estimate of drug-likeness (QED) is 0.736. The minimum absolute atomic E-state index is 0.450. The average Bonchev–Trinajstić information content (AvgIpc) is 2.62. The Kier molecular flexibility index (Phi) is 7.71. The molecule has 1 aromatic rings. The molecule has 2 heteroatoms. The van der Waals surface area contributed by atoms with Gasteiger partial charge in [0, 0.05) is 12.1 Å². The maximum Gasteiger partial charge on any atom is 0.0586 e. The fourth-order valence-corrected chi connectivity index (χ4v) is 3.70. The molecule has 2 nitrogen and oxygen atoms in total. The zero-order valence-corrected chi connectivity index (χ0v) is 16.7. The Morgan fingerprint density at radius 3 is 2.31 bits per heavy atom. The molecule has 0 amide bonds. The molecule has 3 rings (SSSR count). The van der Waals surface area contributed by atoms with Gasteiger partial charge in [-0.1, -0.05) is 88.2 Å². The van der Waals surface area contributed by atoms with E-state index in [1.807, 2.05) is 60.7 Å². The van der Waals surface area contributed by atoms with E-state index >= 15 is 0 Å². The normalized spacial score (nSPS) is 28.6. The highest BCUT2D eigenvalue weighted by atomic mass is 14.7. The first kappa shape index (κ1) is 20.5. The molecule has 0 bridgehead atoms. The van der Waals surface area contributed by atoms with E-state index in [1.165, 1.54) is 25.7 Å². The molecule has 0 spiro atoms. The van der Waals surface area contributed by atoms with Gasteiger partial charge in [-0.3, -0.25) is 0 Å². The van der Waals surface area contributed by atoms with Crippen molar-refractivity contribution in [1.29, 1.82) is 0 Å². The molecule has 1 saturated carbocycles. The molecule has 0 heterocycles. The molecular weight excluding hydrogens is 316 g/mol. The largest absolute Gasteiger partial charge is 0.402 e. The van der Waals surface area contributed by atoms with E-state index in [9.17, 15) is 0 Å². The second kappa shape index (κ2) is 9.78. The van der Waals surface area contributed by atoms with Crippen molar-refractivity contribution in [1.82, 2.24) is 0 Å². The minimum atomic E-state index is -0.450. The molecule has 1 unspecified atom stereocenters. The first-order valence-corrected chi connectivity index (χ1v) is 10.0. The summed E-state index contributed by atoms with van der Waals surface area (Å²) in [6, 6.07) is 10.1. The number of nitrogens with two attached hydrogens (primary N) is 2. The molecule has 2 aliphatic rings. The maximum atomic E-state index is 6.20. The summed E-state index contributed by atoms with van der Waals surface area (Å²) in [7, 11) is 0. The van der Waals surface area contributed by atoms with Crippen LogP contribution in [-0.2, 0) is 0 Å². The number of hydrogen-bond acceptors (Lipinski definition) is 2. The summed E-state index contributed by atoms with van der Waals surface area (Å²) in [5.74, 6) is 2.97. The predicted octanol–water partition coefficient (Wildman–Crippen LogP) is 5.67. The lowest BCUT2D eigenvalue weighted by molar-refractivity contribution is 0.234. The molecule has 1 aromatic carbocycles. The molecule has 0 aliphatic heterocycles. The Balaban J connectivity index is 0.000000209. The van der Waals surface area contributed by atoms with Crippen LogP contribution in [0.2, 0.25) is 0 Å². The molecule has 1 fully saturated rings. The standard InChI is InChI=1S/C14H16N2.C10H20/c15-13-7-4-9-14(16,11-13)10-8-12-5-2-1-3-6-12;1-8(2)10-6-4-9(3)5-7-10/h1-10H,11,15-16H2;8-10H,4-7H2,1-3H3. The first-order chi connectivity index (χ1) is 12.4. The van der Waals surface area contributed by atoms with Gasteiger partial charge in [0.05, 0.1) is 5.54 Å². The highest BCUT2D eigenvalue weighted by Crippen LogP contribution is 2.32. The van der Waals surface area contributed by atoms with Gasteiger partial charge in [-0.05, 0) is 42.2 Å². The Morgan fingerprint density at radius 1 is 1.08 bits per heavy atom. The summed E-state index contributed by atoms with van der Waals surface area (Å²) in [5.41, 5.74) is 13.5. The highest BCUT2D eigenvalue weighted by molar-refractivity contribution is 5.52. The lowest BCUT2D eigenvalue weighted by Crippen LogP contribution is -2.37. The van der Waals surface area contributed by atoms with Crippen LogP contribution < -0.4 is 11.5 Å². The summed E-state index contributed by atoms with van der Waals surface area (Å²) >= 11 is 0.